The SMILES string of the molecule is CCN(CC)C(=O)C[C@]1(O)O[C@@H]([C@@H]2COC(C)(C)O2)[C@H]2OC(C)(C)O[C@H]21. The van der Waals surface area contributed by atoms with Crippen molar-refractivity contribution in [2.75, 3.05) is 19.7 Å². The second kappa shape index (κ2) is 6.68. The predicted molar refractivity (Wildman–Crippen MR) is 91.1 cm³/mol. The molecule has 0 aliphatic carbocycles. The van der Waals surface area contributed by atoms with Crippen LogP contribution in [0.2, 0.25) is 0 Å². The first-order valence-corrected chi connectivity index (χ1v) is 9.35. The number of hydrogen-bond acceptors (Lipinski definition) is 7. The van der Waals surface area contributed by atoms with Gasteiger partial charge in [0.1, 0.15) is 24.4 Å². The Morgan fingerprint density at radius 3 is 2.19 bits per heavy atom. The van der Waals surface area contributed by atoms with Crippen LogP contribution in [-0.2, 0) is 28.5 Å². The van der Waals surface area contributed by atoms with Crippen LogP contribution in [0.1, 0.15) is 48.0 Å². The molecule has 0 aromatic rings. The number of nitrogens with zero attached hydrogens (tertiary/aromatic N) is 1. The van der Waals surface area contributed by atoms with Gasteiger partial charge in [0.2, 0.25) is 11.7 Å². The number of aliphatic hydroxyl groups is 1. The van der Waals surface area contributed by atoms with E-state index in [4.69, 9.17) is 23.7 Å². The Morgan fingerprint density at radius 1 is 1.00 bits per heavy atom. The van der Waals surface area contributed by atoms with E-state index in [0.29, 0.717) is 19.7 Å². The molecule has 3 heterocycles. The van der Waals surface area contributed by atoms with Crippen LogP contribution in [0.15, 0.2) is 0 Å². The summed E-state index contributed by atoms with van der Waals surface area (Å²) in [5.74, 6) is -3.55. The highest BCUT2D eigenvalue weighted by molar-refractivity contribution is 5.77. The van der Waals surface area contributed by atoms with Gasteiger partial charge in [-0.25, -0.2) is 0 Å². The van der Waals surface area contributed by atoms with Gasteiger partial charge >= 0.3 is 0 Å². The zero-order valence-corrected chi connectivity index (χ0v) is 16.5. The van der Waals surface area contributed by atoms with Gasteiger partial charge in [-0.15, -0.1) is 0 Å². The van der Waals surface area contributed by atoms with Gasteiger partial charge in [-0.05, 0) is 41.5 Å². The molecule has 150 valence electrons. The fourth-order valence-corrected chi connectivity index (χ4v) is 3.96. The third-order valence-electron chi connectivity index (χ3n) is 5.16. The highest BCUT2D eigenvalue weighted by atomic mass is 16.8. The molecule has 3 aliphatic heterocycles. The van der Waals surface area contributed by atoms with Crippen LogP contribution in [-0.4, -0.2) is 77.4 Å². The molecule has 0 radical (unpaired) electrons. The Morgan fingerprint density at radius 2 is 1.65 bits per heavy atom. The maximum Gasteiger partial charge on any atom is 0.228 e. The van der Waals surface area contributed by atoms with Crippen molar-refractivity contribution in [1.29, 1.82) is 0 Å². The fraction of sp³-hybridized carbons (Fsp3) is 0.944. The van der Waals surface area contributed by atoms with Crippen LogP contribution < -0.4 is 0 Å². The van der Waals surface area contributed by atoms with Crippen molar-refractivity contribution >= 4 is 5.91 Å². The van der Waals surface area contributed by atoms with E-state index in [1.54, 1.807) is 18.7 Å². The van der Waals surface area contributed by atoms with Crippen LogP contribution in [0, 0.1) is 0 Å². The summed E-state index contributed by atoms with van der Waals surface area (Å²) < 4.78 is 29.4. The molecule has 0 spiro atoms. The molecule has 3 fully saturated rings. The predicted octanol–water partition coefficient (Wildman–Crippen LogP) is 1.00. The van der Waals surface area contributed by atoms with Gasteiger partial charge in [0.15, 0.2) is 11.6 Å². The van der Waals surface area contributed by atoms with Gasteiger partial charge in [0.25, 0.3) is 0 Å². The van der Waals surface area contributed by atoms with E-state index in [1.165, 1.54) is 0 Å². The molecule has 1 amide bonds. The Balaban J connectivity index is 1.81. The van der Waals surface area contributed by atoms with Gasteiger partial charge in [0, 0.05) is 13.1 Å². The molecule has 8 nitrogen and oxygen atoms in total. The summed E-state index contributed by atoms with van der Waals surface area (Å²) in [6, 6.07) is 0. The summed E-state index contributed by atoms with van der Waals surface area (Å²) in [5, 5.41) is 11.2. The molecule has 26 heavy (non-hydrogen) atoms. The number of amides is 1. The highest BCUT2D eigenvalue weighted by Gasteiger charge is 2.65. The van der Waals surface area contributed by atoms with Crippen LogP contribution in [0.25, 0.3) is 0 Å². The van der Waals surface area contributed by atoms with Crippen molar-refractivity contribution in [3.63, 3.8) is 0 Å². The molecule has 0 saturated carbocycles. The van der Waals surface area contributed by atoms with Crippen molar-refractivity contribution in [2.45, 2.75) is 89.7 Å². The standard InChI is InChI=1S/C18H31NO7/c1-7-19(8-2)12(20)9-18(21)15-14(24-17(5,6)26-15)13(25-18)11-10-22-16(3,4)23-11/h11,13-15,21H,7-10H2,1-6H3/t11-,13-,14+,15+,18-/m0/s1. The van der Waals surface area contributed by atoms with Gasteiger partial charge < -0.3 is 33.7 Å². The minimum Gasteiger partial charge on any atom is -0.363 e. The van der Waals surface area contributed by atoms with E-state index in [1.807, 2.05) is 27.7 Å². The summed E-state index contributed by atoms with van der Waals surface area (Å²) in [4.78, 5) is 14.2. The minimum atomic E-state index is -1.77. The molecule has 5 atom stereocenters. The fourth-order valence-electron chi connectivity index (χ4n) is 3.96. The molecule has 0 aromatic carbocycles. The molecule has 0 unspecified atom stereocenters. The van der Waals surface area contributed by atoms with E-state index in [2.05, 4.69) is 0 Å². The van der Waals surface area contributed by atoms with Gasteiger partial charge in [0.05, 0.1) is 13.0 Å². The van der Waals surface area contributed by atoms with Crippen molar-refractivity contribution < 1.29 is 33.6 Å². The first kappa shape index (κ1) is 20.0. The lowest BCUT2D eigenvalue weighted by molar-refractivity contribution is -0.285. The minimum absolute atomic E-state index is 0.186. The monoisotopic (exact) mass is 373 g/mol. The van der Waals surface area contributed by atoms with Crippen LogP contribution in [0.4, 0.5) is 0 Å². The second-order valence-corrected chi connectivity index (χ2v) is 8.06. The molecular weight excluding hydrogens is 342 g/mol. The third-order valence-corrected chi connectivity index (χ3v) is 5.16. The van der Waals surface area contributed by atoms with Crippen LogP contribution >= 0.6 is 0 Å². The summed E-state index contributed by atoms with van der Waals surface area (Å²) in [5.41, 5.74) is 0. The van der Waals surface area contributed by atoms with Crippen molar-refractivity contribution in [3.05, 3.63) is 0 Å². The molecular formula is C18H31NO7. The van der Waals surface area contributed by atoms with Crippen molar-refractivity contribution in [3.8, 4) is 0 Å². The van der Waals surface area contributed by atoms with Crippen LogP contribution in [0.5, 0.6) is 0 Å². The van der Waals surface area contributed by atoms with Gasteiger partial charge in [-0.1, -0.05) is 0 Å². The quantitative estimate of drug-likeness (QED) is 0.769. The largest absolute Gasteiger partial charge is 0.363 e. The Labute approximate surface area is 154 Å². The Kier molecular flexibility index (Phi) is 5.14. The summed E-state index contributed by atoms with van der Waals surface area (Å²) >= 11 is 0. The lowest BCUT2D eigenvalue weighted by Crippen LogP contribution is -2.47. The highest BCUT2D eigenvalue weighted by Crippen LogP contribution is 2.47. The number of hydrogen-bond donors (Lipinski definition) is 1. The van der Waals surface area contributed by atoms with E-state index < -0.39 is 41.8 Å². The number of ether oxygens (including phenoxy) is 5. The molecule has 0 aromatic heterocycles. The molecule has 0 bridgehead atoms. The lowest BCUT2D eigenvalue weighted by Gasteiger charge is -2.32. The van der Waals surface area contributed by atoms with Gasteiger partial charge in [-0.2, -0.15) is 0 Å². The molecule has 3 aliphatic rings. The molecule has 8 heteroatoms. The average Bonchev–Trinajstić information content (AvgIpc) is 3.12. The van der Waals surface area contributed by atoms with E-state index in [9.17, 15) is 9.90 Å². The summed E-state index contributed by atoms with van der Waals surface area (Å²) in [6.07, 6.45) is -2.50. The number of rotatable bonds is 5. The normalized spacial score (nSPS) is 40.6. The van der Waals surface area contributed by atoms with Crippen molar-refractivity contribution in [2.24, 2.45) is 0 Å². The summed E-state index contributed by atoms with van der Waals surface area (Å²) in [6.45, 7) is 12.5. The Bertz CT molecular complexity index is 548. The van der Waals surface area contributed by atoms with Gasteiger partial charge in [-0.3, -0.25) is 4.79 Å². The topological polar surface area (TPSA) is 86.7 Å². The second-order valence-electron chi connectivity index (χ2n) is 8.06. The van der Waals surface area contributed by atoms with E-state index in [-0.39, 0.29) is 12.3 Å². The zero-order valence-electron chi connectivity index (χ0n) is 16.5. The maximum absolute atomic E-state index is 12.6. The van der Waals surface area contributed by atoms with E-state index in [0.717, 1.165) is 0 Å². The first-order chi connectivity index (χ1) is 12.0. The summed E-state index contributed by atoms with van der Waals surface area (Å²) in [7, 11) is 0. The Hall–Kier alpha value is -0.770. The lowest BCUT2D eigenvalue weighted by atomic mass is 10.00. The number of carbonyl (C=O) groups is 1. The number of fused-ring (bicyclic) bond motifs is 1. The molecule has 3 rings (SSSR count). The average molecular weight is 373 g/mol. The van der Waals surface area contributed by atoms with E-state index >= 15 is 0 Å². The zero-order chi connectivity index (χ0) is 19.3. The first-order valence-electron chi connectivity index (χ1n) is 9.35. The van der Waals surface area contributed by atoms with Crippen LogP contribution in [0.3, 0.4) is 0 Å². The molecule has 1 N–H and O–H groups in total. The molecule has 3 saturated heterocycles. The maximum atomic E-state index is 12.6. The smallest absolute Gasteiger partial charge is 0.228 e. The third kappa shape index (κ3) is 3.63. The number of carbonyl (C=O) groups excluding carboxylic acids is 1. The van der Waals surface area contributed by atoms with Crippen molar-refractivity contribution in [1.82, 2.24) is 4.90 Å².